The highest BCUT2D eigenvalue weighted by Crippen LogP contribution is 2.12. The number of nitrogens with one attached hydrogen (secondary N) is 2. The van der Waals surface area contributed by atoms with Crippen LogP contribution in [0.4, 0.5) is 5.69 Å². The van der Waals surface area contributed by atoms with E-state index in [4.69, 9.17) is 18.0 Å². The molecule has 0 bridgehead atoms. The first kappa shape index (κ1) is 17.3. The summed E-state index contributed by atoms with van der Waals surface area (Å²) in [5, 5.41) is 3.01. The van der Waals surface area contributed by atoms with Gasteiger partial charge >= 0.3 is 0 Å². The van der Waals surface area contributed by atoms with E-state index in [1.807, 2.05) is 6.08 Å². The Morgan fingerprint density at radius 3 is 2.52 bits per heavy atom. The number of anilines is 1. The third-order valence-electron chi connectivity index (χ3n) is 2.58. The molecule has 112 valence electrons. The lowest BCUT2D eigenvalue weighted by Gasteiger charge is -2.07. The van der Waals surface area contributed by atoms with Gasteiger partial charge in [-0.1, -0.05) is 31.4 Å². The van der Waals surface area contributed by atoms with Crippen molar-refractivity contribution >= 4 is 34.0 Å². The zero-order valence-electron chi connectivity index (χ0n) is 11.7. The van der Waals surface area contributed by atoms with Gasteiger partial charge in [-0.2, -0.15) is 0 Å². The quantitative estimate of drug-likeness (QED) is 0.509. The number of nitrogens with two attached hydrogens (primary N) is 1. The number of hydrogen-bond donors (Lipinski definition) is 3. The molecule has 1 aromatic carbocycles. The molecule has 0 aromatic heterocycles. The van der Waals surface area contributed by atoms with Gasteiger partial charge in [-0.05, 0) is 48.5 Å². The van der Waals surface area contributed by atoms with Gasteiger partial charge in [0.2, 0.25) is 0 Å². The number of thiocarbonyl (C=S) groups is 1. The third-order valence-corrected chi connectivity index (χ3v) is 3.85. The summed E-state index contributed by atoms with van der Waals surface area (Å²) in [6.45, 7) is 7.95. The summed E-state index contributed by atoms with van der Waals surface area (Å²) < 4.78 is 15.0. The summed E-state index contributed by atoms with van der Waals surface area (Å²) in [5.41, 5.74) is 7.20. The van der Waals surface area contributed by atoms with Crippen LogP contribution in [-0.4, -0.2) is 15.9 Å². The largest absolute Gasteiger partial charge is 0.376 e. The molecular formula is C15H19N3OS2. The highest BCUT2D eigenvalue weighted by atomic mass is 32.2. The number of hydrogen-bond acceptors (Lipinski definition) is 2. The van der Waals surface area contributed by atoms with Crippen molar-refractivity contribution in [2.24, 2.45) is 5.73 Å². The lowest BCUT2D eigenvalue weighted by atomic mass is 10.2. The molecule has 0 saturated carbocycles. The Morgan fingerprint density at radius 1 is 1.33 bits per heavy atom. The van der Waals surface area contributed by atoms with Crippen LogP contribution in [0.5, 0.6) is 0 Å². The van der Waals surface area contributed by atoms with Crippen LogP contribution >= 0.6 is 12.2 Å². The Kier molecular flexibility index (Phi) is 7.60. The summed E-state index contributed by atoms with van der Waals surface area (Å²) in [5.74, 6) is 0. The van der Waals surface area contributed by atoms with Crippen molar-refractivity contribution in [2.45, 2.75) is 11.3 Å². The molecule has 1 atom stereocenters. The fourth-order valence-corrected chi connectivity index (χ4v) is 2.54. The van der Waals surface area contributed by atoms with E-state index in [9.17, 15) is 4.21 Å². The van der Waals surface area contributed by atoms with Gasteiger partial charge in [-0.3, -0.25) is 0 Å². The van der Waals surface area contributed by atoms with Gasteiger partial charge in [-0.15, -0.1) is 0 Å². The fourth-order valence-electron chi connectivity index (χ4n) is 1.58. The van der Waals surface area contributed by atoms with Crippen LogP contribution in [0.25, 0.3) is 0 Å². The van der Waals surface area contributed by atoms with Crippen LogP contribution < -0.4 is 15.8 Å². The van der Waals surface area contributed by atoms with Crippen LogP contribution in [0.2, 0.25) is 0 Å². The van der Waals surface area contributed by atoms with Crippen molar-refractivity contribution in [1.82, 2.24) is 4.72 Å². The molecule has 4 nitrogen and oxygen atoms in total. The second kappa shape index (κ2) is 9.23. The second-order valence-corrected chi connectivity index (χ2v) is 5.85. The van der Waals surface area contributed by atoms with Crippen molar-refractivity contribution in [3.63, 3.8) is 0 Å². The van der Waals surface area contributed by atoms with E-state index >= 15 is 0 Å². The average Bonchev–Trinajstić information content (AvgIpc) is 2.46. The Balaban J connectivity index is 2.52. The molecule has 0 spiro atoms. The lowest BCUT2D eigenvalue weighted by Crippen LogP contribution is -2.20. The normalized spacial score (nSPS) is 12.5. The Morgan fingerprint density at radius 2 is 2.00 bits per heavy atom. The van der Waals surface area contributed by atoms with Crippen molar-refractivity contribution in [3.8, 4) is 0 Å². The third kappa shape index (κ3) is 6.48. The van der Waals surface area contributed by atoms with Gasteiger partial charge in [0.25, 0.3) is 0 Å². The van der Waals surface area contributed by atoms with Crippen LogP contribution in [0.3, 0.4) is 0 Å². The Bertz CT molecular complexity index is 565. The summed E-state index contributed by atoms with van der Waals surface area (Å²) in [6.07, 6.45) is 6.10. The molecule has 0 amide bonds. The molecule has 0 heterocycles. The Labute approximate surface area is 133 Å². The SMILES string of the molecule is C=C/C=C(\C=C)CCNS(=O)c1ccc(NC(N)=S)cc1. The van der Waals surface area contributed by atoms with Crippen molar-refractivity contribution in [3.05, 3.63) is 61.2 Å². The van der Waals surface area contributed by atoms with Crippen molar-refractivity contribution < 1.29 is 4.21 Å². The zero-order chi connectivity index (χ0) is 15.7. The first-order valence-electron chi connectivity index (χ1n) is 6.32. The second-order valence-electron chi connectivity index (χ2n) is 4.11. The van der Waals surface area contributed by atoms with Crippen molar-refractivity contribution in [2.75, 3.05) is 11.9 Å². The first-order valence-corrected chi connectivity index (χ1v) is 7.88. The molecule has 1 rings (SSSR count). The van der Waals surface area contributed by atoms with E-state index in [2.05, 4.69) is 23.2 Å². The van der Waals surface area contributed by atoms with Crippen LogP contribution in [0, 0.1) is 0 Å². The first-order chi connectivity index (χ1) is 10.1. The maximum atomic E-state index is 12.1. The van der Waals surface area contributed by atoms with Gasteiger partial charge in [0.05, 0.1) is 4.90 Å². The highest BCUT2D eigenvalue weighted by molar-refractivity contribution is 7.83. The van der Waals surface area contributed by atoms with Crippen molar-refractivity contribution in [1.29, 1.82) is 0 Å². The summed E-state index contributed by atoms with van der Waals surface area (Å²) in [6, 6.07) is 7.08. The van der Waals surface area contributed by atoms with E-state index in [0.29, 0.717) is 11.4 Å². The van der Waals surface area contributed by atoms with Gasteiger partial charge in [0.1, 0.15) is 11.0 Å². The summed E-state index contributed by atoms with van der Waals surface area (Å²) in [4.78, 5) is 0.691. The van der Waals surface area contributed by atoms with E-state index in [0.717, 1.165) is 17.7 Å². The number of allylic oxidation sites excluding steroid dienone is 3. The number of benzene rings is 1. The van der Waals surface area contributed by atoms with E-state index in [1.54, 1.807) is 36.4 Å². The molecule has 1 aromatic rings. The van der Waals surface area contributed by atoms with Crippen LogP contribution in [0.15, 0.2) is 66.1 Å². The molecule has 0 radical (unpaired) electrons. The van der Waals surface area contributed by atoms with Crippen LogP contribution in [0.1, 0.15) is 6.42 Å². The monoisotopic (exact) mass is 321 g/mol. The fraction of sp³-hybridized carbons (Fsp3) is 0.133. The molecule has 4 N–H and O–H groups in total. The Hall–Kier alpha value is -1.76. The summed E-state index contributed by atoms with van der Waals surface area (Å²) in [7, 11) is -1.26. The zero-order valence-corrected chi connectivity index (χ0v) is 13.3. The molecule has 0 saturated heterocycles. The van der Waals surface area contributed by atoms with E-state index in [1.165, 1.54) is 0 Å². The molecular weight excluding hydrogens is 302 g/mol. The molecule has 0 fully saturated rings. The molecule has 1 unspecified atom stereocenters. The van der Waals surface area contributed by atoms with E-state index < -0.39 is 11.0 Å². The highest BCUT2D eigenvalue weighted by Gasteiger charge is 2.03. The maximum Gasteiger partial charge on any atom is 0.168 e. The van der Waals surface area contributed by atoms with Gasteiger partial charge in [-0.25, -0.2) is 8.93 Å². The summed E-state index contributed by atoms with van der Waals surface area (Å²) >= 11 is 4.75. The number of rotatable bonds is 8. The molecule has 21 heavy (non-hydrogen) atoms. The maximum absolute atomic E-state index is 12.1. The lowest BCUT2D eigenvalue weighted by molar-refractivity contribution is 0.671. The van der Waals surface area contributed by atoms with E-state index in [-0.39, 0.29) is 5.11 Å². The molecule has 0 aliphatic rings. The predicted octanol–water partition coefficient (Wildman–Crippen LogP) is 2.64. The molecule has 0 aliphatic carbocycles. The van der Waals surface area contributed by atoms with Gasteiger partial charge in [0, 0.05) is 12.2 Å². The van der Waals surface area contributed by atoms with Gasteiger partial charge in [0.15, 0.2) is 5.11 Å². The molecule has 6 heteroatoms. The standard InChI is InChI=1S/C15H19N3OS2/c1-3-5-12(4-2)10-11-17-21(19)14-8-6-13(7-9-14)18-15(16)20/h3-9,17H,1-2,10-11H2,(H3,16,18,20)/b12-5+. The smallest absolute Gasteiger partial charge is 0.168 e. The van der Waals surface area contributed by atoms with Crippen LogP contribution in [-0.2, 0) is 11.0 Å². The topological polar surface area (TPSA) is 67.2 Å². The predicted molar refractivity (Wildman–Crippen MR) is 94.4 cm³/mol. The minimum absolute atomic E-state index is 0.202. The average molecular weight is 321 g/mol. The molecule has 0 aliphatic heterocycles. The minimum atomic E-state index is -1.26. The minimum Gasteiger partial charge on any atom is -0.376 e. The van der Waals surface area contributed by atoms with Gasteiger partial charge < -0.3 is 11.1 Å².